The summed E-state index contributed by atoms with van der Waals surface area (Å²) in [6.45, 7) is 5.89. The molecule has 7 atom stereocenters. The third-order valence-corrected chi connectivity index (χ3v) is 7.74. The zero-order chi connectivity index (χ0) is 18.0. The van der Waals surface area contributed by atoms with Crippen LogP contribution in [0.2, 0.25) is 0 Å². The van der Waals surface area contributed by atoms with Gasteiger partial charge in [-0.3, -0.25) is 9.59 Å². The number of halogens is 1. The largest absolute Gasteiger partial charge is 0.462 e. The number of ketones is 1. The summed E-state index contributed by atoms with van der Waals surface area (Å²) in [7, 11) is 0. The molecule has 0 aromatic heterocycles. The third kappa shape index (κ3) is 2.36. The second-order valence-corrected chi connectivity index (χ2v) is 8.96. The highest BCUT2D eigenvalue weighted by atomic mass is 19.1. The van der Waals surface area contributed by atoms with E-state index in [0.29, 0.717) is 24.2 Å². The summed E-state index contributed by atoms with van der Waals surface area (Å²) in [5.41, 5.74) is 0.757. The minimum absolute atomic E-state index is 0.00375. The van der Waals surface area contributed by atoms with Crippen LogP contribution in [0, 0.1) is 28.6 Å². The third-order valence-electron chi connectivity index (χ3n) is 7.74. The van der Waals surface area contributed by atoms with Crippen LogP contribution >= 0.6 is 0 Å². The molecule has 0 radical (unpaired) electrons. The van der Waals surface area contributed by atoms with Gasteiger partial charge in [-0.2, -0.15) is 0 Å². The van der Waals surface area contributed by atoms with Crippen molar-refractivity contribution < 1.29 is 18.7 Å². The standard InChI is InChI=1S/C21H27FO3/c1-12(23)25-19-7-6-15-14-5-4-13-10-18(24)17(22)11-21(13,3)16(14)8-9-20(15,19)2/h4-5,10,14-17,19H,6-9,11H2,1-3H3/t14-,15-,16-,17-,19-,20-,21-/m0/s1. The van der Waals surface area contributed by atoms with Gasteiger partial charge in [0.05, 0.1) is 0 Å². The maximum atomic E-state index is 14.2. The molecule has 0 bridgehead atoms. The van der Waals surface area contributed by atoms with Crippen molar-refractivity contribution in [3.8, 4) is 0 Å². The van der Waals surface area contributed by atoms with Crippen molar-refractivity contribution in [1.82, 2.24) is 0 Å². The fourth-order valence-corrected chi connectivity index (χ4v) is 6.37. The number of carbonyl (C=O) groups is 2. The maximum absolute atomic E-state index is 14.2. The molecule has 3 nitrogen and oxygen atoms in total. The van der Waals surface area contributed by atoms with Crippen molar-refractivity contribution in [2.75, 3.05) is 0 Å². The molecule has 25 heavy (non-hydrogen) atoms. The summed E-state index contributed by atoms with van der Waals surface area (Å²) in [4.78, 5) is 23.3. The molecule has 2 fully saturated rings. The van der Waals surface area contributed by atoms with E-state index in [9.17, 15) is 14.0 Å². The summed E-state index contributed by atoms with van der Waals surface area (Å²) >= 11 is 0. The van der Waals surface area contributed by atoms with Gasteiger partial charge in [0, 0.05) is 12.3 Å². The molecule has 0 unspecified atom stereocenters. The fraction of sp³-hybridized carbons (Fsp3) is 0.714. The second kappa shape index (κ2) is 5.52. The van der Waals surface area contributed by atoms with E-state index in [0.717, 1.165) is 31.3 Å². The van der Waals surface area contributed by atoms with E-state index in [1.165, 1.54) is 13.0 Å². The maximum Gasteiger partial charge on any atom is 0.302 e. The van der Waals surface area contributed by atoms with Gasteiger partial charge in [0.2, 0.25) is 0 Å². The van der Waals surface area contributed by atoms with Crippen molar-refractivity contribution in [3.63, 3.8) is 0 Å². The molecule has 0 spiro atoms. The molecule has 0 saturated heterocycles. The van der Waals surface area contributed by atoms with Gasteiger partial charge >= 0.3 is 5.97 Å². The number of carbonyl (C=O) groups excluding carboxylic acids is 2. The van der Waals surface area contributed by atoms with E-state index in [1.54, 1.807) is 0 Å². The Kier molecular flexibility index (Phi) is 3.75. The number of hydrogen-bond acceptors (Lipinski definition) is 3. The molecular weight excluding hydrogens is 319 g/mol. The summed E-state index contributed by atoms with van der Waals surface area (Å²) in [6, 6.07) is 0. The fourth-order valence-electron chi connectivity index (χ4n) is 6.37. The number of alkyl halides is 1. The number of rotatable bonds is 1. The van der Waals surface area contributed by atoms with E-state index >= 15 is 0 Å². The highest BCUT2D eigenvalue weighted by Crippen LogP contribution is 2.64. The molecule has 0 aromatic carbocycles. The monoisotopic (exact) mass is 346 g/mol. The van der Waals surface area contributed by atoms with E-state index < -0.39 is 6.17 Å². The van der Waals surface area contributed by atoms with E-state index in [-0.39, 0.29) is 28.7 Å². The summed E-state index contributed by atoms with van der Waals surface area (Å²) in [5.74, 6) is 0.621. The zero-order valence-corrected chi connectivity index (χ0v) is 15.3. The molecule has 4 rings (SSSR count). The molecule has 0 aliphatic heterocycles. The van der Waals surface area contributed by atoms with Crippen LogP contribution in [0.25, 0.3) is 0 Å². The Hall–Kier alpha value is -1.45. The van der Waals surface area contributed by atoms with Gasteiger partial charge < -0.3 is 4.74 Å². The minimum atomic E-state index is -1.37. The lowest BCUT2D eigenvalue weighted by Crippen LogP contribution is -2.51. The smallest absolute Gasteiger partial charge is 0.302 e. The molecule has 2 saturated carbocycles. The normalized spacial score (nSPS) is 48.2. The first-order valence-electron chi connectivity index (χ1n) is 9.51. The first-order valence-corrected chi connectivity index (χ1v) is 9.51. The first-order chi connectivity index (χ1) is 11.8. The molecule has 4 aliphatic carbocycles. The van der Waals surface area contributed by atoms with Gasteiger partial charge in [-0.15, -0.1) is 0 Å². The molecule has 0 amide bonds. The van der Waals surface area contributed by atoms with Gasteiger partial charge in [0.15, 0.2) is 12.0 Å². The van der Waals surface area contributed by atoms with Crippen molar-refractivity contribution in [1.29, 1.82) is 0 Å². The molecule has 4 heteroatoms. The topological polar surface area (TPSA) is 43.4 Å². The number of ether oxygens (including phenoxy) is 1. The zero-order valence-electron chi connectivity index (χ0n) is 15.3. The highest BCUT2D eigenvalue weighted by molar-refractivity contribution is 5.96. The highest BCUT2D eigenvalue weighted by Gasteiger charge is 2.59. The average Bonchev–Trinajstić information content (AvgIpc) is 2.85. The predicted octanol–water partition coefficient (Wildman–Crippen LogP) is 4.17. The van der Waals surface area contributed by atoms with Crippen molar-refractivity contribution in [2.45, 2.75) is 65.2 Å². The van der Waals surface area contributed by atoms with Crippen LogP contribution in [-0.2, 0) is 14.3 Å². The Morgan fingerprint density at radius 1 is 1.24 bits per heavy atom. The van der Waals surface area contributed by atoms with Crippen LogP contribution in [0.5, 0.6) is 0 Å². The van der Waals surface area contributed by atoms with Crippen LogP contribution in [-0.4, -0.2) is 24.0 Å². The second-order valence-electron chi connectivity index (χ2n) is 8.96. The lowest BCUT2D eigenvalue weighted by Gasteiger charge is -2.55. The van der Waals surface area contributed by atoms with Gasteiger partial charge in [-0.1, -0.05) is 26.0 Å². The summed E-state index contributed by atoms with van der Waals surface area (Å²) in [5, 5.41) is 0. The molecular formula is C21H27FO3. The number of esters is 1. The predicted molar refractivity (Wildman–Crippen MR) is 92.4 cm³/mol. The van der Waals surface area contributed by atoms with E-state index in [4.69, 9.17) is 4.74 Å². The average molecular weight is 346 g/mol. The SMILES string of the molecule is CC(=O)O[C@H]1CC[C@H]2[C@@H]3C=CC4=CC(=O)[C@@H](F)C[C@]4(C)[C@H]3CC[C@]12C. The van der Waals surface area contributed by atoms with E-state index in [1.807, 2.05) is 0 Å². The van der Waals surface area contributed by atoms with Crippen LogP contribution < -0.4 is 0 Å². The van der Waals surface area contributed by atoms with Gasteiger partial charge in [0.25, 0.3) is 0 Å². The van der Waals surface area contributed by atoms with Crippen molar-refractivity contribution >= 4 is 11.8 Å². The summed E-state index contributed by atoms with van der Waals surface area (Å²) < 4.78 is 19.9. The Labute approximate surface area is 148 Å². The molecule has 0 heterocycles. The minimum Gasteiger partial charge on any atom is -0.462 e. The van der Waals surface area contributed by atoms with Gasteiger partial charge in [-0.05, 0) is 66.9 Å². The molecule has 0 aromatic rings. The van der Waals surface area contributed by atoms with Crippen molar-refractivity contribution in [3.05, 3.63) is 23.8 Å². The lowest BCUT2D eigenvalue weighted by molar-refractivity contribution is -0.155. The molecule has 4 aliphatic rings. The Bertz CT molecular complexity index is 681. The van der Waals surface area contributed by atoms with E-state index in [2.05, 4.69) is 26.0 Å². The first kappa shape index (κ1) is 17.0. The Morgan fingerprint density at radius 2 is 2.00 bits per heavy atom. The van der Waals surface area contributed by atoms with Gasteiger partial charge in [0.1, 0.15) is 6.10 Å². The van der Waals surface area contributed by atoms with Gasteiger partial charge in [-0.25, -0.2) is 4.39 Å². The number of allylic oxidation sites excluding steroid dienone is 4. The number of fused-ring (bicyclic) bond motifs is 5. The van der Waals surface area contributed by atoms with Crippen molar-refractivity contribution in [2.24, 2.45) is 28.6 Å². The van der Waals surface area contributed by atoms with Crippen LogP contribution in [0.4, 0.5) is 4.39 Å². The van der Waals surface area contributed by atoms with Crippen LogP contribution in [0.3, 0.4) is 0 Å². The summed E-state index contributed by atoms with van der Waals surface area (Å²) in [6.07, 6.45) is 8.74. The lowest BCUT2D eigenvalue weighted by atomic mass is 9.49. The quantitative estimate of drug-likeness (QED) is 0.669. The number of hydrogen-bond donors (Lipinski definition) is 0. The van der Waals surface area contributed by atoms with Crippen LogP contribution in [0.15, 0.2) is 23.8 Å². The van der Waals surface area contributed by atoms with Crippen LogP contribution in [0.1, 0.15) is 52.9 Å². The molecule has 136 valence electrons. The molecule has 0 N–H and O–H groups in total. The Morgan fingerprint density at radius 3 is 2.72 bits per heavy atom. The Balaban J connectivity index is 1.68.